The Kier molecular flexibility index (Phi) is 4.44. The zero-order valence-corrected chi connectivity index (χ0v) is 13.5. The van der Waals surface area contributed by atoms with Crippen molar-refractivity contribution in [1.82, 2.24) is 14.9 Å². The van der Waals surface area contributed by atoms with Gasteiger partial charge in [-0.3, -0.25) is 4.79 Å². The zero-order valence-electron chi connectivity index (χ0n) is 12.7. The smallest absolute Gasteiger partial charge is 0.348 e. The molecule has 0 aliphatic carbocycles. The van der Waals surface area contributed by atoms with Crippen LogP contribution in [0.1, 0.15) is 23.3 Å². The third-order valence-corrected chi connectivity index (χ3v) is 4.36. The summed E-state index contributed by atoms with van der Waals surface area (Å²) < 4.78 is 5.76. The lowest BCUT2D eigenvalue weighted by molar-refractivity contribution is -0.159. The van der Waals surface area contributed by atoms with Crippen LogP contribution in [0, 0.1) is 0 Å². The first-order valence-electron chi connectivity index (χ1n) is 7.46. The van der Waals surface area contributed by atoms with Gasteiger partial charge in [-0.15, -0.1) is 0 Å². The number of nitrogens with zero attached hydrogens (tertiary/aromatic N) is 2. The zero-order chi connectivity index (χ0) is 17.2. The van der Waals surface area contributed by atoms with E-state index in [1.165, 1.54) is 12.5 Å². The van der Waals surface area contributed by atoms with Crippen molar-refractivity contribution >= 4 is 23.5 Å². The van der Waals surface area contributed by atoms with Crippen LogP contribution in [0.3, 0.4) is 0 Å². The summed E-state index contributed by atoms with van der Waals surface area (Å²) in [5, 5.41) is 10.2. The highest BCUT2D eigenvalue weighted by Gasteiger charge is 2.45. The number of aromatic nitrogens is 2. The van der Waals surface area contributed by atoms with Crippen LogP contribution in [0.15, 0.2) is 36.8 Å². The van der Waals surface area contributed by atoms with E-state index in [1.54, 1.807) is 29.2 Å². The Morgan fingerprint density at radius 1 is 1.25 bits per heavy atom. The summed E-state index contributed by atoms with van der Waals surface area (Å²) >= 11 is 5.83. The van der Waals surface area contributed by atoms with Crippen molar-refractivity contribution in [3.63, 3.8) is 0 Å². The second-order valence-corrected chi connectivity index (χ2v) is 6.05. The first kappa shape index (κ1) is 16.3. The van der Waals surface area contributed by atoms with Crippen LogP contribution in [-0.4, -0.2) is 50.5 Å². The number of aromatic amines is 1. The largest absolute Gasteiger partial charge is 0.478 e. The number of hydrogen-bond acceptors (Lipinski definition) is 4. The van der Waals surface area contributed by atoms with E-state index in [1.807, 2.05) is 0 Å². The average Bonchev–Trinajstić information content (AvgIpc) is 3.11. The topological polar surface area (TPSA) is 95.5 Å². The molecule has 2 aromatic rings. The average molecular weight is 350 g/mol. The number of halogens is 1. The number of aliphatic carboxylic acids is 1. The maximum absolute atomic E-state index is 12.3. The Morgan fingerprint density at radius 2 is 1.92 bits per heavy atom. The number of nitrogens with one attached hydrogen (secondary N) is 1. The molecule has 1 aromatic carbocycles. The molecule has 1 aliphatic heterocycles. The molecule has 0 radical (unpaired) electrons. The fraction of sp³-hybridized carbons (Fsp3) is 0.312. The Balaban J connectivity index is 1.71. The maximum atomic E-state index is 12.3. The fourth-order valence-corrected chi connectivity index (χ4v) is 2.83. The van der Waals surface area contributed by atoms with Crippen molar-refractivity contribution in [3.8, 4) is 5.75 Å². The molecule has 2 heterocycles. The highest BCUT2D eigenvalue weighted by molar-refractivity contribution is 6.30. The van der Waals surface area contributed by atoms with Gasteiger partial charge >= 0.3 is 5.97 Å². The van der Waals surface area contributed by atoms with E-state index >= 15 is 0 Å². The van der Waals surface area contributed by atoms with Gasteiger partial charge in [0.05, 0.1) is 12.5 Å². The molecule has 2 N–H and O–H groups in total. The number of carboxylic acids is 1. The number of carbonyl (C=O) groups is 2. The van der Waals surface area contributed by atoms with Crippen molar-refractivity contribution in [2.75, 3.05) is 13.1 Å². The van der Waals surface area contributed by atoms with E-state index in [0.29, 0.717) is 16.5 Å². The first-order chi connectivity index (χ1) is 11.5. The minimum absolute atomic E-state index is 0.196. The standard InChI is InChI=1S/C16H16ClN3O4/c17-11-1-3-12(4-2-11)24-16(15(22)23)5-7-20(8-6-16)14(21)13-9-18-10-19-13/h1-4,9-10H,5-8H2,(H,18,19)(H,22,23). The molecule has 1 aliphatic rings. The number of carboxylic acid groups (broad SMARTS) is 1. The molecule has 3 rings (SSSR count). The van der Waals surface area contributed by atoms with Crippen LogP contribution in [0.25, 0.3) is 0 Å². The van der Waals surface area contributed by atoms with Gasteiger partial charge in [-0.2, -0.15) is 0 Å². The van der Waals surface area contributed by atoms with Crippen LogP contribution < -0.4 is 4.74 Å². The molecule has 7 nitrogen and oxygen atoms in total. The number of benzene rings is 1. The van der Waals surface area contributed by atoms with Gasteiger partial charge in [0.25, 0.3) is 5.91 Å². The van der Waals surface area contributed by atoms with Crippen molar-refractivity contribution < 1.29 is 19.4 Å². The maximum Gasteiger partial charge on any atom is 0.348 e. The summed E-state index contributed by atoms with van der Waals surface area (Å²) in [5.41, 5.74) is -0.963. The third-order valence-electron chi connectivity index (χ3n) is 4.10. The lowest BCUT2D eigenvalue weighted by Crippen LogP contribution is -2.54. The molecule has 0 atom stereocenters. The van der Waals surface area contributed by atoms with Gasteiger partial charge in [0.15, 0.2) is 0 Å². The Labute approximate surface area is 143 Å². The lowest BCUT2D eigenvalue weighted by atomic mass is 9.91. The molecule has 0 unspecified atom stereocenters. The molecule has 1 amide bonds. The van der Waals surface area contributed by atoms with E-state index in [-0.39, 0.29) is 31.8 Å². The van der Waals surface area contributed by atoms with E-state index in [2.05, 4.69) is 9.97 Å². The molecule has 0 spiro atoms. The lowest BCUT2D eigenvalue weighted by Gasteiger charge is -2.38. The SMILES string of the molecule is O=C(c1cnc[nH]1)N1CCC(Oc2ccc(Cl)cc2)(C(=O)O)CC1. The second-order valence-electron chi connectivity index (χ2n) is 5.61. The third kappa shape index (κ3) is 3.21. The Hall–Kier alpha value is -2.54. The van der Waals surface area contributed by atoms with E-state index < -0.39 is 11.6 Å². The summed E-state index contributed by atoms with van der Waals surface area (Å²) in [6.45, 7) is 0.579. The molecule has 1 aromatic heterocycles. The number of carbonyl (C=O) groups excluding carboxylic acids is 1. The van der Waals surface area contributed by atoms with Gasteiger partial charge in [-0.25, -0.2) is 9.78 Å². The number of H-pyrrole nitrogens is 1. The van der Waals surface area contributed by atoms with E-state index in [4.69, 9.17) is 16.3 Å². The van der Waals surface area contributed by atoms with Crippen molar-refractivity contribution in [1.29, 1.82) is 0 Å². The highest BCUT2D eigenvalue weighted by atomic mass is 35.5. The number of imidazole rings is 1. The van der Waals surface area contributed by atoms with Gasteiger partial charge in [0, 0.05) is 31.0 Å². The monoisotopic (exact) mass is 349 g/mol. The van der Waals surface area contributed by atoms with Crippen molar-refractivity contribution in [2.45, 2.75) is 18.4 Å². The molecule has 0 saturated carbocycles. The summed E-state index contributed by atoms with van der Waals surface area (Å²) in [5.74, 6) is -0.792. The molecule has 1 saturated heterocycles. The Morgan fingerprint density at radius 3 is 2.46 bits per heavy atom. The van der Waals surface area contributed by atoms with E-state index in [9.17, 15) is 14.7 Å². The Bertz CT molecular complexity index is 722. The molecular formula is C16H16ClN3O4. The van der Waals surface area contributed by atoms with Crippen molar-refractivity contribution in [3.05, 3.63) is 47.5 Å². The first-order valence-corrected chi connectivity index (χ1v) is 7.84. The predicted octanol–water partition coefficient (Wildman–Crippen LogP) is 2.20. The van der Waals surface area contributed by atoms with Crippen LogP contribution in [-0.2, 0) is 4.79 Å². The van der Waals surface area contributed by atoms with Gasteiger partial charge in [-0.1, -0.05) is 11.6 Å². The number of likely N-dealkylation sites (tertiary alicyclic amines) is 1. The number of hydrogen-bond donors (Lipinski definition) is 2. The molecule has 126 valence electrons. The van der Waals surface area contributed by atoms with Crippen LogP contribution in [0.4, 0.5) is 0 Å². The fourth-order valence-electron chi connectivity index (χ4n) is 2.70. The minimum Gasteiger partial charge on any atom is -0.478 e. The van der Waals surface area contributed by atoms with Crippen LogP contribution in [0.5, 0.6) is 5.75 Å². The van der Waals surface area contributed by atoms with Crippen molar-refractivity contribution in [2.24, 2.45) is 0 Å². The molecule has 0 bridgehead atoms. The number of amides is 1. The normalized spacial score (nSPS) is 16.6. The second kappa shape index (κ2) is 6.52. The number of piperidine rings is 1. The quantitative estimate of drug-likeness (QED) is 0.882. The molecule has 24 heavy (non-hydrogen) atoms. The number of ether oxygens (including phenoxy) is 1. The highest BCUT2D eigenvalue weighted by Crippen LogP contribution is 2.30. The molecular weight excluding hydrogens is 334 g/mol. The summed E-state index contributed by atoms with van der Waals surface area (Å²) in [4.78, 5) is 32.3. The molecule has 1 fully saturated rings. The summed E-state index contributed by atoms with van der Waals surface area (Å²) in [7, 11) is 0. The van der Waals surface area contributed by atoms with Gasteiger partial charge in [0.1, 0.15) is 11.4 Å². The summed E-state index contributed by atoms with van der Waals surface area (Å²) in [6.07, 6.45) is 3.28. The van der Waals surface area contributed by atoms with E-state index in [0.717, 1.165) is 0 Å². The molecule has 8 heteroatoms. The number of rotatable bonds is 4. The van der Waals surface area contributed by atoms with Gasteiger partial charge < -0.3 is 19.7 Å². The summed E-state index contributed by atoms with van der Waals surface area (Å²) in [6, 6.07) is 6.55. The van der Waals surface area contributed by atoms with Gasteiger partial charge in [0.2, 0.25) is 5.60 Å². The minimum atomic E-state index is -1.35. The van der Waals surface area contributed by atoms with Crippen LogP contribution in [0.2, 0.25) is 5.02 Å². The van der Waals surface area contributed by atoms with Gasteiger partial charge in [-0.05, 0) is 24.3 Å². The predicted molar refractivity (Wildman–Crippen MR) is 86.2 cm³/mol. The van der Waals surface area contributed by atoms with Crippen LogP contribution >= 0.6 is 11.6 Å².